The number of hydrogen-bond acceptors (Lipinski definition) is 4. The molecular formula is C19H29IN4O2S2. The molecule has 0 aliphatic heterocycles. The zero-order valence-corrected chi connectivity index (χ0v) is 20.6. The highest BCUT2D eigenvalue weighted by Crippen LogP contribution is 2.26. The predicted molar refractivity (Wildman–Crippen MR) is 128 cm³/mol. The number of thiophene rings is 1. The van der Waals surface area contributed by atoms with Gasteiger partial charge in [0.1, 0.15) is 0 Å². The summed E-state index contributed by atoms with van der Waals surface area (Å²) >= 11 is 1.75. The zero-order valence-electron chi connectivity index (χ0n) is 16.7. The van der Waals surface area contributed by atoms with Gasteiger partial charge in [0.25, 0.3) is 0 Å². The number of rotatable bonds is 8. The number of nitrogens with one attached hydrogen (secondary N) is 3. The second-order valence-electron chi connectivity index (χ2n) is 6.76. The topological polar surface area (TPSA) is 82.6 Å². The van der Waals surface area contributed by atoms with Crippen LogP contribution in [0.1, 0.15) is 31.2 Å². The first-order chi connectivity index (χ1) is 12.8. The molecule has 0 saturated heterocycles. The summed E-state index contributed by atoms with van der Waals surface area (Å²) in [6.45, 7) is 8.29. The number of nitrogens with zero attached hydrogens (tertiary/aromatic N) is 1. The second kappa shape index (κ2) is 11.1. The lowest BCUT2D eigenvalue weighted by atomic mass is 9.91. The third-order valence-corrected chi connectivity index (χ3v) is 6.78. The van der Waals surface area contributed by atoms with E-state index >= 15 is 0 Å². The minimum absolute atomic E-state index is 0. The van der Waals surface area contributed by atoms with Gasteiger partial charge in [-0.25, -0.2) is 18.1 Å². The van der Waals surface area contributed by atoms with Crippen LogP contribution in [0.3, 0.4) is 0 Å². The van der Waals surface area contributed by atoms with Crippen molar-refractivity contribution in [2.75, 3.05) is 20.1 Å². The maximum absolute atomic E-state index is 11.9. The Morgan fingerprint density at radius 3 is 2.54 bits per heavy atom. The van der Waals surface area contributed by atoms with Crippen molar-refractivity contribution in [1.82, 2.24) is 15.4 Å². The number of sulfonamides is 1. The summed E-state index contributed by atoms with van der Waals surface area (Å²) in [7, 11) is -2.05. The summed E-state index contributed by atoms with van der Waals surface area (Å²) in [6.07, 6.45) is 0. The molecule has 0 aliphatic rings. The fourth-order valence-corrected chi connectivity index (χ4v) is 4.15. The van der Waals surface area contributed by atoms with E-state index in [9.17, 15) is 8.42 Å². The molecular weight excluding hydrogens is 507 g/mol. The number of benzene rings is 1. The predicted octanol–water partition coefficient (Wildman–Crippen LogP) is 3.31. The van der Waals surface area contributed by atoms with Gasteiger partial charge in [-0.05, 0) is 43.1 Å². The largest absolute Gasteiger partial charge is 0.357 e. The lowest BCUT2D eigenvalue weighted by molar-refractivity contribution is 0.518. The van der Waals surface area contributed by atoms with Crippen molar-refractivity contribution in [3.8, 4) is 0 Å². The maximum Gasteiger partial charge on any atom is 0.240 e. The van der Waals surface area contributed by atoms with Gasteiger partial charge in [0.2, 0.25) is 10.0 Å². The van der Waals surface area contributed by atoms with E-state index in [1.807, 2.05) is 13.0 Å². The van der Waals surface area contributed by atoms with Crippen LogP contribution >= 0.6 is 35.3 Å². The van der Waals surface area contributed by atoms with Crippen molar-refractivity contribution in [3.05, 3.63) is 52.2 Å². The van der Waals surface area contributed by atoms with Gasteiger partial charge in [0.15, 0.2) is 5.96 Å². The molecule has 0 amide bonds. The molecule has 2 rings (SSSR count). The third-order valence-electron chi connectivity index (χ3n) is 4.13. The minimum Gasteiger partial charge on any atom is -0.357 e. The Morgan fingerprint density at radius 2 is 1.93 bits per heavy atom. The molecule has 0 saturated carbocycles. The molecule has 0 unspecified atom stereocenters. The summed E-state index contributed by atoms with van der Waals surface area (Å²) in [6, 6.07) is 11.0. The van der Waals surface area contributed by atoms with Gasteiger partial charge >= 0.3 is 0 Å². The van der Waals surface area contributed by atoms with Gasteiger partial charge < -0.3 is 10.6 Å². The normalized spacial score (nSPS) is 12.4. The Kier molecular flexibility index (Phi) is 9.88. The summed E-state index contributed by atoms with van der Waals surface area (Å²) in [5.41, 5.74) is 0.826. The summed E-state index contributed by atoms with van der Waals surface area (Å²) < 4.78 is 26.2. The van der Waals surface area contributed by atoms with E-state index < -0.39 is 10.0 Å². The summed E-state index contributed by atoms with van der Waals surface area (Å²) in [5, 5.41) is 8.71. The fraction of sp³-hybridized carbons (Fsp3) is 0.421. The molecule has 0 radical (unpaired) electrons. The number of aliphatic imine (C=N–C) groups is 1. The van der Waals surface area contributed by atoms with E-state index in [1.165, 1.54) is 11.9 Å². The maximum atomic E-state index is 11.9. The Morgan fingerprint density at radius 1 is 1.18 bits per heavy atom. The van der Waals surface area contributed by atoms with Crippen molar-refractivity contribution in [3.63, 3.8) is 0 Å². The molecule has 2 aromatic rings. The zero-order chi connectivity index (χ0) is 19.9. The summed E-state index contributed by atoms with van der Waals surface area (Å²) in [5.74, 6) is 0.712. The molecule has 6 nitrogen and oxygen atoms in total. The molecule has 3 N–H and O–H groups in total. The highest BCUT2D eigenvalue weighted by molar-refractivity contribution is 14.0. The lowest BCUT2D eigenvalue weighted by Gasteiger charge is -2.25. The van der Waals surface area contributed by atoms with Gasteiger partial charge in [-0.15, -0.1) is 35.3 Å². The van der Waals surface area contributed by atoms with E-state index in [-0.39, 0.29) is 34.3 Å². The lowest BCUT2D eigenvalue weighted by Crippen LogP contribution is -2.43. The van der Waals surface area contributed by atoms with Gasteiger partial charge in [-0.1, -0.05) is 32.0 Å². The Labute approximate surface area is 189 Å². The van der Waals surface area contributed by atoms with Crippen LogP contribution in [0.2, 0.25) is 0 Å². The molecule has 0 atom stereocenters. The van der Waals surface area contributed by atoms with Crippen LogP contribution < -0.4 is 15.4 Å². The van der Waals surface area contributed by atoms with E-state index in [0.29, 0.717) is 12.5 Å². The number of guanidine groups is 1. The molecule has 9 heteroatoms. The molecule has 1 heterocycles. The Balaban J connectivity index is 0.00000392. The minimum atomic E-state index is -3.45. The average Bonchev–Trinajstić information content (AvgIpc) is 3.20. The highest BCUT2D eigenvalue weighted by Gasteiger charge is 2.22. The van der Waals surface area contributed by atoms with Crippen LogP contribution in [0.4, 0.5) is 0 Å². The monoisotopic (exact) mass is 536 g/mol. The molecule has 28 heavy (non-hydrogen) atoms. The van der Waals surface area contributed by atoms with Crippen molar-refractivity contribution >= 4 is 51.3 Å². The third kappa shape index (κ3) is 7.02. The first kappa shape index (κ1) is 24.9. The highest BCUT2D eigenvalue weighted by atomic mass is 127. The first-order valence-electron chi connectivity index (χ1n) is 8.87. The fourth-order valence-electron chi connectivity index (χ4n) is 2.50. The van der Waals surface area contributed by atoms with E-state index in [2.05, 4.69) is 51.7 Å². The number of hydrogen-bond donors (Lipinski definition) is 3. The summed E-state index contributed by atoms with van der Waals surface area (Å²) in [4.78, 5) is 6.16. The SMILES string of the molecule is CCNC(=NCc1cccc(S(=O)(=O)NC)c1)NCC(C)(C)c1cccs1.I. The van der Waals surface area contributed by atoms with Crippen molar-refractivity contribution in [1.29, 1.82) is 0 Å². The van der Waals surface area contributed by atoms with Gasteiger partial charge in [-0.3, -0.25) is 0 Å². The van der Waals surface area contributed by atoms with Crippen LogP contribution in [-0.4, -0.2) is 34.5 Å². The standard InChI is InChI=1S/C19H28N4O2S2.HI/c1-5-21-18(23-14-19(2,3)17-10-7-11-26-17)22-13-15-8-6-9-16(12-15)27(24,25)20-4;/h6-12,20H,5,13-14H2,1-4H3,(H2,21,22,23);1H. The van der Waals surface area contributed by atoms with Crippen LogP contribution in [0, 0.1) is 0 Å². The molecule has 0 spiro atoms. The second-order valence-corrected chi connectivity index (χ2v) is 9.60. The van der Waals surface area contributed by atoms with E-state index in [0.717, 1.165) is 18.7 Å². The van der Waals surface area contributed by atoms with Gasteiger partial charge in [0.05, 0.1) is 11.4 Å². The van der Waals surface area contributed by atoms with Crippen LogP contribution in [0.25, 0.3) is 0 Å². The quantitative estimate of drug-likeness (QED) is 0.275. The van der Waals surface area contributed by atoms with Crippen LogP contribution in [0.5, 0.6) is 0 Å². The van der Waals surface area contributed by atoms with E-state index in [4.69, 9.17) is 0 Å². The van der Waals surface area contributed by atoms with Crippen LogP contribution in [-0.2, 0) is 22.0 Å². The molecule has 156 valence electrons. The molecule has 0 fully saturated rings. The Bertz CT molecular complexity index is 866. The van der Waals surface area contributed by atoms with Crippen LogP contribution in [0.15, 0.2) is 51.7 Å². The first-order valence-corrected chi connectivity index (χ1v) is 11.2. The van der Waals surface area contributed by atoms with Crippen molar-refractivity contribution < 1.29 is 8.42 Å². The van der Waals surface area contributed by atoms with Crippen molar-refractivity contribution in [2.45, 2.75) is 37.6 Å². The van der Waals surface area contributed by atoms with Gasteiger partial charge in [-0.2, -0.15) is 0 Å². The van der Waals surface area contributed by atoms with Gasteiger partial charge in [0, 0.05) is 23.4 Å². The molecule has 1 aromatic heterocycles. The molecule has 0 aliphatic carbocycles. The molecule has 1 aromatic carbocycles. The van der Waals surface area contributed by atoms with E-state index in [1.54, 1.807) is 29.5 Å². The molecule has 0 bridgehead atoms. The van der Waals surface area contributed by atoms with Crippen molar-refractivity contribution in [2.24, 2.45) is 4.99 Å². The number of halogens is 1. The Hall–Kier alpha value is -1.17. The average molecular weight is 537 g/mol. The smallest absolute Gasteiger partial charge is 0.240 e.